The number of aliphatic hydroxyl groups is 1. The molecule has 1 aromatic carbocycles. The lowest BCUT2D eigenvalue weighted by molar-refractivity contribution is -0.124. The molecule has 6 atom stereocenters. The normalized spacial score (nSPS) is 24.1. The molecule has 1 saturated carbocycles. The summed E-state index contributed by atoms with van der Waals surface area (Å²) in [6.45, 7) is 6.43. The first-order valence-corrected chi connectivity index (χ1v) is 12.1. The smallest absolute Gasteiger partial charge is 0.243 e. The number of nitrogens with one attached hydrogen (secondary N) is 2. The van der Waals surface area contributed by atoms with E-state index in [2.05, 4.69) is 24.5 Å². The summed E-state index contributed by atoms with van der Waals surface area (Å²) >= 11 is 1.32. The molecule has 31 heavy (non-hydrogen) atoms. The Morgan fingerprint density at radius 1 is 1.26 bits per heavy atom. The molecule has 8 heteroatoms. The van der Waals surface area contributed by atoms with Crippen LogP contribution in [-0.4, -0.2) is 48.6 Å². The van der Waals surface area contributed by atoms with Crippen molar-refractivity contribution in [1.29, 1.82) is 0 Å². The second-order valence-electron chi connectivity index (χ2n) is 8.81. The lowest BCUT2D eigenvalue weighted by Crippen LogP contribution is -2.53. The van der Waals surface area contributed by atoms with Crippen LogP contribution in [0.2, 0.25) is 0 Å². The van der Waals surface area contributed by atoms with Crippen molar-refractivity contribution in [1.82, 2.24) is 10.6 Å². The fourth-order valence-electron chi connectivity index (χ4n) is 4.37. The van der Waals surface area contributed by atoms with Gasteiger partial charge in [0.25, 0.3) is 0 Å². The van der Waals surface area contributed by atoms with E-state index in [9.17, 15) is 19.1 Å². The third-order valence-corrected chi connectivity index (χ3v) is 7.35. The average Bonchev–Trinajstić information content (AvgIpc) is 2.72. The molecule has 1 aliphatic carbocycles. The Kier molecular flexibility index (Phi) is 10.4. The van der Waals surface area contributed by atoms with Crippen LogP contribution in [0.4, 0.5) is 9.18 Å². The first-order valence-electron chi connectivity index (χ1n) is 11.1. The molecule has 3 N–H and O–H groups in total. The first-order chi connectivity index (χ1) is 14.7. The molecule has 0 aromatic heterocycles. The summed E-state index contributed by atoms with van der Waals surface area (Å²) in [4.78, 5) is 25.0. The number of halogens is 1. The summed E-state index contributed by atoms with van der Waals surface area (Å²) in [5.41, 5.74) is 0. The van der Waals surface area contributed by atoms with E-state index in [0.717, 1.165) is 17.2 Å². The van der Waals surface area contributed by atoms with Gasteiger partial charge in [-0.3, -0.25) is 9.59 Å². The fraction of sp³-hybridized carbons (Fsp3) is 0.652. The molecule has 0 bridgehead atoms. The molecule has 5 nitrogen and oxygen atoms in total. The lowest BCUT2D eigenvalue weighted by Gasteiger charge is -2.35. The summed E-state index contributed by atoms with van der Waals surface area (Å²) < 4.78 is 13.1. The summed E-state index contributed by atoms with van der Waals surface area (Å²) in [5, 5.41) is 16.2. The van der Waals surface area contributed by atoms with Crippen LogP contribution < -0.4 is 10.6 Å². The average molecular weight is 450 g/mol. The van der Waals surface area contributed by atoms with Crippen molar-refractivity contribution in [3.63, 3.8) is 0 Å². The number of amides is 2. The number of rotatable bonds is 10. The van der Waals surface area contributed by atoms with E-state index < -0.39 is 24.0 Å². The van der Waals surface area contributed by atoms with E-state index in [1.807, 2.05) is 6.92 Å². The van der Waals surface area contributed by atoms with Crippen molar-refractivity contribution in [3.8, 4) is 0 Å². The number of aliphatic hydroxyl groups excluding tert-OH is 1. The number of benzene rings is 1. The molecule has 2 radical (unpaired) electrons. The van der Waals surface area contributed by atoms with Crippen molar-refractivity contribution in [3.05, 3.63) is 30.1 Å². The monoisotopic (exact) mass is 450 g/mol. The Labute approximate surface area is 192 Å². The zero-order valence-corrected chi connectivity index (χ0v) is 19.5. The van der Waals surface area contributed by atoms with E-state index in [0.29, 0.717) is 24.7 Å². The van der Waals surface area contributed by atoms with E-state index in [1.54, 1.807) is 12.1 Å². The van der Waals surface area contributed by atoms with Gasteiger partial charge in [0.05, 0.1) is 12.1 Å². The predicted molar refractivity (Wildman–Crippen MR) is 126 cm³/mol. The molecule has 2 amide bonds. The number of hydrogen-bond acceptors (Lipinski definition) is 4. The van der Waals surface area contributed by atoms with Crippen molar-refractivity contribution in [2.24, 2.45) is 17.8 Å². The molecule has 172 valence electrons. The SMILES string of the molecule is [B]C(=O)N[C@H](CSc1ccc(F)cc1)C(=O)N[C@@H](CC)[C@H](O)CC1CCC(C)CC1C.[HH]. The van der Waals surface area contributed by atoms with Gasteiger partial charge < -0.3 is 15.7 Å². The highest BCUT2D eigenvalue weighted by Gasteiger charge is 2.31. The maximum atomic E-state index is 13.1. The highest BCUT2D eigenvalue weighted by molar-refractivity contribution is 7.99. The lowest BCUT2D eigenvalue weighted by atomic mass is 9.73. The summed E-state index contributed by atoms with van der Waals surface area (Å²) in [6, 6.07) is 4.66. The van der Waals surface area contributed by atoms with E-state index in [-0.39, 0.29) is 18.9 Å². The quantitative estimate of drug-likeness (QED) is 0.370. The fourth-order valence-corrected chi connectivity index (χ4v) is 5.29. The number of hydrogen-bond donors (Lipinski definition) is 3. The minimum absolute atomic E-state index is 0. The van der Waals surface area contributed by atoms with Crippen LogP contribution in [0.5, 0.6) is 0 Å². The van der Waals surface area contributed by atoms with Crippen LogP contribution in [0.15, 0.2) is 29.2 Å². The Hall–Kier alpha value is -1.54. The van der Waals surface area contributed by atoms with Crippen molar-refractivity contribution in [2.45, 2.75) is 76.0 Å². The molecule has 0 spiro atoms. The Balaban J connectivity index is 0.00000512. The van der Waals surface area contributed by atoms with Crippen LogP contribution in [0, 0.1) is 23.6 Å². The number of carbonyl (C=O) groups excluding carboxylic acids is 2. The summed E-state index contributed by atoms with van der Waals surface area (Å²) in [6.07, 6.45) is 4.05. The molecule has 1 fully saturated rings. The molecule has 1 aromatic rings. The van der Waals surface area contributed by atoms with Crippen LogP contribution in [-0.2, 0) is 4.79 Å². The molecule has 0 aliphatic heterocycles. The van der Waals surface area contributed by atoms with Crippen LogP contribution in [0.3, 0.4) is 0 Å². The predicted octanol–water partition coefficient (Wildman–Crippen LogP) is 4.13. The van der Waals surface area contributed by atoms with Crippen LogP contribution in [0.25, 0.3) is 0 Å². The van der Waals surface area contributed by atoms with Gasteiger partial charge in [-0.25, -0.2) is 4.39 Å². The maximum Gasteiger partial charge on any atom is 0.243 e. The maximum absolute atomic E-state index is 13.1. The minimum atomic E-state index is -0.858. The van der Waals surface area contributed by atoms with Gasteiger partial charge in [-0.05, 0) is 67.7 Å². The summed E-state index contributed by atoms with van der Waals surface area (Å²) in [7, 11) is 5.25. The molecule has 2 rings (SSSR count). The first kappa shape index (κ1) is 25.7. The molecule has 0 heterocycles. The largest absolute Gasteiger partial charge is 0.391 e. The van der Waals surface area contributed by atoms with Gasteiger partial charge in [0.2, 0.25) is 13.8 Å². The van der Waals surface area contributed by atoms with E-state index in [1.165, 1.54) is 36.7 Å². The zero-order chi connectivity index (χ0) is 23.0. The van der Waals surface area contributed by atoms with Gasteiger partial charge in [-0.2, -0.15) is 0 Å². The van der Waals surface area contributed by atoms with Gasteiger partial charge in [-0.1, -0.05) is 27.2 Å². The van der Waals surface area contributed by atoms with Gasteiger partial charge in [0.15, 0.2) is 5.81 Å². The second-order valence-corrected chi connectivity index (χ2v) is 9.90. The van der Waals surface area contributed by atoms with Crippen molar-refractivity contribution < 1.29 is 20.5 Å². The number of carbonyl (C=O) groups is 2. The van der Waals surface area contributed by atoms with Crippen LogP contribution >= 0.6 is 11.8 Å². The molecule has 3 unspecified atom stereocenters. The Morgan fingerprint density at radius 2 is 1.94 bits per heavy atom. The van der Waals surface area contributed by atoms with Gasteiger partial charge in [0, 0.05) is 12.1 Å². The number of thioether (sulfide) groups is 1. The minimum Gasteiger partial charge on any atom is -0.391 e. The summed E-state index contributed by atoms with van der Waals surface area (Å²) in [5.74, 6) is 0.460. The van der Waals surface area contributed by atoms with Gasteiger partial charge >= 0.3 is 0 Å². The Bertz CT molecular complexity index is 728. The Morgan fingerprint density at radius 3 is 2.52 bits per heavy atom. The highest BCUT2D eigenvalue weighted by Crippen LogP contribution is 2.36. The third-order valence-electron chi connectivity index (χ3n) is 6.25. The molecule has 0 saturated heterocycles. The standard InChI is InChI=1S/C23H34BFN2O3S.H2/c1-4-19(21(28)12-16-6-5-14(2)11-15(16)3)26-22(29)20(27-23(24)30)13-31-18-9-7-17(25)8-10-18;/h7-10,14-16,19-21,28H,4-6,11-13H2,1-3H3,(H,26,29)(H,27,30);1H/t14?,15?,16?,19-,20+,21+;/m0./s1. The molecular formula is C23H36BFN2O3S. The highest BCUT2D eigenvalue weighted by atomic mass is 32.2. The van der Waals surface area contributed by atoms with E-state index >= 15 is 0 Å². The topological polar surface area (TPSA) is 78.4 Å². The zero-order valence-electron chi connectivity index (χ0n) is 18.6. The molecular weight excluding hydrogens is 414 g/mol. The third kappa shape index (κ3) is 8.49. The van der Waals surface area contributed by atoms with E-state index in [4.69, 9.17) is 7.85 Å². The van der Waals surface area contributed by atoms with Crippen LogP contribution in [0.1, 0.15) is 54.3 Å². The van der Waals surface area contributed by atoms with Crippen molar-refractivity contribution in [2.75, 3.05) is 5.75 Å². The van der Waals surface area contributed by atoms with Gasteiger partial charge in [-0.15, -0.1) is 11.8 Å². The van der Waals surface area contributed by atoms with Crippen molar-refractivity contribution >= 4 is 31.3 Å². The molecule has 1 aliphatic rings. The van der Waals surface area contributed by atoms with Gasteiger partial charge in [0.1, 0.15) is 11.9 Å². The second kappa shape index (κ2) is 12.5.